The minimum Gasteiger partial charge on any atom is -0.397 e. The van der Waals surface area contributed by atoms with Crippen LogP contribution in [0.3, 0.4) is 0 Å². The number of nitrogens with one attached hydrogen (secondary N) is 1. The molecule has 5 heteroatoms. The quantitative estimate of drug-likeness (QED) is 0.818. The van der Waals surface area contributed by atoms with Crippen LogP contribution in [0.4, 0.5) is 11.4 Å². The average molecular weight is 298 g/mol. The Balaban J connectivity index is 2.07. The van der Waals surface area contributed by atoms with Crippen LogP contribution in [-0.4, -0.2) is 25.0 Å². The minimum absolute atomic E-state index is 0.0284. The van der Waals surface area contributed by atoms with Gasteiger partial charge < -0.3 is 16.0 Å². The van der Waals surface area contributed by atoms with E-state index in [1.165, 1.54) is 0 Å². The third-order valence-corrected chi connectivity index (χ3v) is 3.42. The second kappa shape index (κ2) is 4.96. The number of rotatable bonds is 2. The van der Waals surface area contributed by atoms with E-state index < -0.39 is 0 Å². The molecule has 1 heterocycles. The molecule has 17 heavy (non-hydrogen) atoms. The molecule has 0 radical (unpaired) electrons. The van der Waals surface area contributed by atoms with Crippen LogP contribution in [0.2, 0.25) is 0 Å². The van der Waals surface area contributed by atoms with E-state index >= 15 is 0 Å². The van der Waals surface area contributed by atoms with Gasteiger partial charge in [0.25, 0.3) is 0 Å². The molecule has 1 saturated heterocycles. The molecular formula is C12H16BrN3O. The predicted octanol–water partition coefficient (Wildman–Crippen LogP) is 1.75. The first-order chi connectivity index (χ1) is 8.06. The summed E-state index contributed by atoms with van der Waals surface area (Å²) in [5.74, 6) is 0.0284. The lowest BCUT2D eigenvalue weighted by molar-refractivity contribution is -0.119. The molecule has 0 aliphatic carbocycles. The number of nitrogen functional groups attached to an aromatic ring is 1. The summed E-state index contributed by atoms with van der Waals surface area (Å²) >= 11 is 3.39. The Morgan fingerprint density at radius 2 is 2.35 bits per heavy atom. The van der Waals surface area contributed by atoms with Crippen LogP contribution in [0, 0.1) is 0 Å². The summed E-state index contributed by atoms with van der Waals surface area (Å²) in [6, 6.07) is 6.13. The fourth-order valence-electron chi connectivity index (χ4n) is 2.20. The Morgan fingerprint density at radius 3 is 3.00 bits per heavy atom. The molecule has 1 aliphatic rings. The lowest BCUT2D eigenvalue weighted by Gasteiger charge is -2.20. The highest BCUT2D eigenvalue weighted by atomic mass is 79.9. The zero-order chi connectivity index (χ0) is 12.4. The van der Waals surface area contributed by atoms with Crippen LogP contribution in [0.1, 0.15) is 13.3 Å². The molecular weight excluding hydrogens is 282 g/mol. The van der Waals surface area contributed by atoms with Crippen molar-refractivity contribution in [1.82, 2.24) is 5.32 Å². The molecule has 0 saturated carbocycles. The summed E-state index contributed by atoms with van der Waals surface area (Å²) in [5.41, 5.74) is 7.80. The summed E-state index contributed by atoms with van der Waals surface area (Å²) in [7, 11) is 0. The van der Waals surface area contributed by atoms with Crippen molar-refractivity contribution in [3.63, 3.8) is 0 Å². The van der Waals surface area contributed by atoms with Gasteiger partial charge in [-0.25, -0.2) is 0 Å². The lowest BCUT2D eigenvalue weighted by atomic mass is 10.2. The Kier molecular flexibility index (Phi) is 3.57. The molecule has 1 aromatic rings. The maximum atomic E-state index is 11.0. The van der Waals surface area contributed by atoms with Crippen molar-refractivity contribution in [3.05, 3.63) is 22.7 Å². The Bertz CT molecular complexity index is 436. The Morgan fingerprint density at radius 1 is 1.59 bits per heavy atom. The first kappa shape index (κ1) is 12.2. The van der Waals surface area contributed by atoms with Crippen molar-refractivity contribution >= 4 is 33.2 Å². The lowest BCUT2D eigenvalue weighted by Crippen LogP contribution is -2.35. The van der Waals surface area contributed by atoms with Crippen LogP contribution >= 0.6 is 15.9 Å². The number of nitrogens with two attached hydrogens (primary N) is 1. The zero-order valence-electron chi connectivity index (χ0n) is 9.74. The highest BCUT2D eigenvalue weighted by Crippen LogP contribution is 2.29. The van der Waals surface area contributed by atoms with Crippen LogP contribution in [0.25, 0.3) is 0 Å². The van der Waals surface area contributed by atoms with Crippen molar-refractivity contribution in [2.24, 2.45) is 0 Å². The van der Waals surface area contributed by atoms with Crippen LogP contribution in [0.15, 0.2) is 22.7 Å². The maximum absolute atomic E-state index is 11.0. The van der Waals surface area contributed by atoms with E-state index in [1.54, 1.807) is 6.92 Å². The van der Waals surface area contributed by atoms with E-state index in [-0.39, 0.29) is 11.9 Å². The largest absolute Gasteiger partial charge is 0.397 e. The van der Waals surface area contributed by atoms with Gasteiger partial charge in [0.2, 0.25) is 5.91 Å². The van der Waals surface area contributed by atoms with Crippen molar-refractivity contribution in [3.8, 4) is 0 Å². The van der Waals surface area contributed by atoms with E-state index in [4.69, 9.17) is 5.73 Å². The van der Waals surface area contributed by atoms with Gasteiger partial charge in [-0.2, -0.15) is 0 Å². The molecule has 1 amide bonds. The van der Waals surface area contributed by atoms with Crippen molar-refractivity contribution in [1.29, 1.82) is 0 Å². The number of carbonyl (C=O) groups excluding carboxylic acids is 1. The van der Waals surface area contributed by atoms with Crippen molar-refractivity contribution in [2.75, 3.05) is 23.7 Å². The Hall–Kier alpha value is -1.23. The molecule has 0 spiro atoms. The maximum Gasteiger partial charge on any atom is 0.217 e. The fraction of sp³-hybridized carbons (Fsp3) is 0.417. The monoisotopic (exact) mass is 297 g/mol. The first-order valence-corrected chi connectivity index (χ1v) is 6.42. The van der Waals surface area contributed by atoms with Gasteiger partial charge in [0.05, 0.1) is 11.4 Å². The van der Waals surface area contributed by atoms with Gasteiger partial charge in [-0.15, -0.1) is 0 Å². The number of amides is 1. The van der Waals surface area contributed by atoms with Crippen molar-refractivity contribution < 1.29 is 4.79 Å². The zero-order valence-corrected chi connectivity index (χ0v) is 11.3. The number of halogens is 1. The van der Waals surface area contributed by atoms with Crippen LogP contribution in [0.5, 0.6) is 0 Å². The van der Waals surface area contributed by atoms with E-state index in [9.17, 15) is 4.79 Å². The number of anilines is 2. The van der Waals surface area contributed by atoms with Gasteiger partial charge in [-0.3, -0.25) is 4.79 Å². The number of carbonyl (C=O) groups is 1. The Labute approximate surface area is 109 Å². The molecule has 1 aromatic carbocycles. The topological polar surface area (TPSA) is 58.4 Å². The molecule has 3 N–H and O–H groups in total. The predicted molar refractivity (Wildman–Crippen MR) is 73.0 cm³/mol. The molecule has 1 aliphatic heterocycles. The van der Waals surface area contributed by atoms with Gasteiger partial charge in [0.1, 0.15) is 0 Å². The highest BCUT2D eigenvalue weighted by Gasteiger charge is 2.24. The first-order valence-electron chi connectivity index (χ1n) is 5.63. The van der Waals surface area contributed by atoms with Crippen LogP contribution in [-0.2, 0) is 4.79 Å². The SMILES string of the molecule is CC(=O)NC1CCN(c2ccc(Br)cc2N)C1. The summed E-state index contributed by atoms with van der Waals surface area (Å²) < 4.78 is 0.983. The molecule has 2 rings (SSSR count). The number of nitrogens with zero attached hydrogens (tertiary/aromatic N) is 1. The number of hydrogen-bond acceptors (Lipinski definition) is 3. The van der Waals surface area contributed by atoms with E-state index in [0.29, 0.717) is 0 Å². The average Bonchev–Trinajstić information content (AvgIpc) is 2.65. The van der Waals surface area contributed by atoms with Gasteiger partial charge in [0, 0.05) is 30.5 Å². The van der Waals surface area contributed by atoms with Gasteiger partial charge in [-0.1, -0.05) is 15.9 Å². The summed E-state index contributed by atoms with van der Waals surface area (Å²) in [6.45, 7) is 3.30. The van der Waals surface area contributed by atoms with E-state index in [1.807, 2.05) is 18.2 Å². The smallest absolute Gasteiger partial charge is 0.217 e. The third kappa shape index (κ3) is 2.91. The molecule has 0 bridgehead atoms. The molecule has 1 unspecified atom stereocenters. The van der Waals surface area contributed by atoms with Gasteiger partial charge in [-0.05, 0) is 24.6 Å². The third-order valence-electron chi connectivity index (χ3n) is 2.93. The normalized spacial score (nSPS) is 19.4. The number of hydrogen-bond donors (Lipinski definition) is 2. The molecule has 4 nitrogen and oxygen atoms in total. The van der Waals surface area contributed by atoms with E-state index in [0.717, 1.165) is 35.4 Å². The molecule has 1 atom stereocenters. The van der Waals surface area contributed by atoms with Crippen molar-refractivity contribution in [2.45, 2.75) is 19.4 Å². The second-order valence-corrected chi connectivity index (χ2v) is 5.25. The van der Waals surface area contributed by atoms with Gasteiger partial charge >= 0.3 is 0 Å². The summed E-state index contributed by atoms with van der Waals surface area (Å²) in [6.07, 6.45) is 0.967. The molecule has 0 aromatic heterocycles. The number of benzene rings is 1. The van der Waals surface area contributed by atoms with Crippen LogP contribution < -0.4 is 16.0 Å². The minimum atomic E-state index is 0.0284. The highest BCUT2D eigenvalue weighted by molar-refractivity contribution is 9.10. The van der Waals surface area contributed by atoms with E-state index in [2.05, 4.69) is 26.1 Å². The summed E-state index contributed by atoms with van der Waals surface area (Å²) in [5, 5.41) is 2.94. The molecule has 1 fully saturated rings. The fourth-order valence-corrected chi connectivity index (χ4v) is 2.58. The molecule has 92 valence electrons. The second-order valence-electron chi connectivity index (χ2n) is 4.34. The standard InChI is InChI=1S/C12H16BrN3O/c1-8(17)15-10-4-5-16(7-10)12-3-2-9(13)6-11(12)14/h2-3,6,10H,4-5,7,14H2,1H3,(H,15,17). The van der Waals surface area contributed by atoms with Gasteiger partial charge in [0.15, 0.2) is 0 Å². The summed E-state index contributed by atoms with van der Waals surface area (Å²) in [4.78, 5) is 13.2.